The summed E-state index contributed by atoms with van der Waals surface area (Å²) in [4.78, 5) is 11.4. The lowest BCUT2D eigenvalue weighted by Gasteiger charge is -2.33. The zero-order valence-corrected chi connectivity index (χ0v) is 14.1. The van der Waals surface area contributed by atoms with E-state index in [0.29, 0.717) is 17.9 Å². The van der Waals surface area contributed by atoms with Crippen LogP contribution in [0.15, 0.2) is 22.9 Å². The fraction of sp³-hybridized carbons (Fsp3) is 0.611. The SMILES string of the molecule is CCCO[C@H]1CCCN(c2ccc(-c3nc(C4CC4)no3)cn2)C1. The quantitative estimate of drug-likeness (QED) is 0.810. The van der Waals surface area contributed by atoms with Gasteiger partial charge in [0.15, 0.2) is 5.82 Å². The first-order valence-electron chi connectivity index (χ1n) is 9.00. The lowest BCUT2D eigenvalue weighted by Crippen LogP contribution is -2.40. The normalized spacial score (nSPS) is 21.2. The van der Waals surface area contributed by atoms with E-state index in [0.717, 1.165) is 56.2 Å². The average Bonchev–Trinajstić information content (AvgIpc) is 3.37. The summed E-state index contributed by atoms with van der Waals surface area (Å²) in [5, 5.41) is 4.06. The Morgan fingerprint density at radius 1 is 1.29 bits per heavy atom. The number of hydrogen-bond acceptors (Lipinski definition) is 6. The van der Waals surface area contributed by atoms with Gasteiger partial charge in [0.05, 0.1) is 11.7 Å². The van der Waals surface area contributed by atoms with Crippen LogP contribution < -0.4 is 4.90 Å². The van der Waals surface area contributed by atoms with Gasteiger partial charge in [-0.25, -0.2) is 4.98 Å². The van der Waals surface area contributed by atoms with Gasteiger partial charge in [0.2, 0.25) is 0 Å². The van der Waals surface area contributed by atoms with Crippen LogP contribution in [0.5, 0.6) is 0 Å². The van der Waals surface area contributed by atoms with Crippen LogP contribution in [0.1, 0.15) is 50.8 Å². The molecule has 1 atom stereocenters. The summed E-state index contributed by atoms with van der Waals surface area (Å²) in [6.45, 7) is 4.93. The van der Waals surface area contributed by atoms with Crippen LogP contribution in [0.25, 0.3) is 11.5 Å². The maximum atomic E-state index is 5.91. The highest BCUT2D eigenvalue weighted by molar-refractivity contribution is 5.55. The molecule has 2 aromatic rings. The largest absolute Gasteiger partial charge is 0.376 e. The minimum Gasteiger partial charge on any atom is -0.376 e. The second-order valence-corrected chi connectivity index (χ2v) is 6.72. The van der Waals surface area contributed by atoms with Gasteiger partial charge in [0.1, 0.15) is 5.82 Å². The monoisotopic (exact) mass is 328 g/mol. The molecule has 6 nitrogen and oxygen atoms in total. The number of ether oxygens (including phenoxy) is 1. The second kappa shape index (κ2) is 6.89. The second-order valence-electron chi connectivity index (χ2n) is 6.72. The van der Waals surface area contributed by atoms with E-state index >= 15 is 0 Å². The summed E-state index contributed by atoms with van der Waals surface area (Å²) in [7, 11) is 0. The number of piperidine rings is 1. The van der Waals surface area contributed by atoms with E-state index in [2.05, 4.69) is 26.9 Å². The Morgan fingerprint density at radius 3 is 2.96 bits per heavy atom. The molecule has 4 rings (SSSR count). The Kier molecular flexibility index (Phi) is 4.47. The van der Waals surface area contributed by atoms with Gasteiger partial charge in [-0.3, -0.25) is 0 Å². The molecular weight excluding hydrogens is 304 g/mol. The molecule has 1 saturated heterocycles. The standard InChI is InChI=1S/C18H24N4O2/c1-2-10-23-15-4-3-9-22(12-15)16-8-7-14(11-19-16)18-20-17(21-24-18)13-5-6-13/h7-8,11,13,15H,2-6,9-10,12H2,1H3/t15-/m0/s1. The van der Waals surface area contributed by atoms with E-state index in [1.54, 1.807) is 0 Å². The van der Waals surface area contributed by atoms with Crippen molar-refractivity contribution >= 4 is 5.82 Å². The van der Waals surface area contributed by atoms with E-state index in [9.17, 15) is 0 Å². The Balaban J connectivity index is 1.42. The van der Waals surface area contributed by atoms with Crippen LogP contribution in [-0.4, -0.2) is 40.9 Å². The topological polar surface area (TPSA) is 64.3 Å². The predicted molar refractivity (Wildman–Crippen MR) is 91.0 cm³/mol. The van der Waals surface area contributed by atoms with Gasteiger partial charge in [-0.1, -0.05) is 12.1 Å². The van der Waals surface area contributed by atoms with Crippen molar-refractivity contribution in [1.29, 1.82) is 0 Å². The molecule has 0 aromatic carbocycles. The van der Waals surface area contributed by atoms with Crippen LogP contribution >= 0.6 is 0 Å². The summed E-state index contributed by atoms with van der Waals surface area (Å²) >= 11 is 0. The highest BCUT2D eigenvalue weighted by Crippen LogP contribution is 2.38. The van der Waals surface area contributed by atoms with E-state index in [1.165, 1.54) is 12.8 Å². The molecule has 2 fully saturated rings. The summed E-state index contributed by atoms with van der Waals surface area (Å²) in [5.41, 5.74) is 0.883. The molecule has 128 valence electrons. The molecule has 2 aromatic heterocycles. The lowest BCUT2D eigenvalue weighted by atomic mass is 10.1. The van der Waals surface area contributed by atoms with Crippen LogP contribution in [0.3, 0.4) is 0 Å². The van der Waals surface area contributed by atoms with E-state index in [1.807, 2.05) is 18.3 Å². The van der Waals surface area contributed by atoms with Crippen molar-refractivity contribution in [3.63, 3.8) is 0 Å². The Morgan fingerprint density at radius 2 is 2.21 bits per heavy atom. The molecule has 1 aliphatic carbocycles. The summed E-state index contributed by atoms with van der Waals surface area (Å²) < 4.78 is 11.3. The molecule has 0 spiro atoms. The third-order valence-corrected chi connectivity index (χ3v) is 4.64. The molecule has 1 saturated carbocycles. The van der Waals surface area contributed by atoms with Gasteiger partial charge in [-0.2, -0.15) is 4.98 Å². The van der Waals surface area contributed by atoms with Crippen molar-refractivity contribution in [1.82, 2.24) is 15.1 Å². The van der Waals surface area contributed by atoms with Gasteiger partial charge in [-0.05, 0) is 44.2 Å². The van der Waals surface area contributed by atoms with Gasteiger partial charge in [-0.15, -0.1) is 0 Å². The maximum Gasteiger partial charge on any atom is 0.259 e. The molecular formula is C18H24N4O2. The van der Waals surface area contributed by atoms with Crippen LogP contribution in [0.4, 0.5) is 5.82 Å². The summed E-state index contributed by atoms with van der Waals surface area (Å²) in [6, 6.07) is 4.06. The number of anilines is 1. The summed E-state index contributed by atoms with van der Waals surface area (Å²) in [6.07, 6.45) is 7.84. The van der Waals surface area contributed by atoms with Gasteiger partial charge < -0.3 is 14.2 Å². The van der Waals surface area contributed by atoms with Crippen molar-refractivity contribution in [2.45, 2.75) is 51.0 Å². The highest BCUT2D eigenvalue weighted by Gasteiger charge is 2.29. The van der Waals surface area contributed by atoms with Crippen molar-refractivity contribution in [2.75, 3.05) is 24.6 Å². The highest BCUT2D eigenvalue weighted by atomic mass is 16.5. The zero-order valence-electron chi connectivity index (χ0n) is 14.1. The van der Waals surface area contributed by atoms with E-state index in [4.69, 9.17) is 9.26 Å². The van der Waals surface area contributed by atoms with E-state index < -0.39 is 0 Å². The Hall–Kier alpha value is -1.95. The third-order valence-electron chi connectivity index (χ3n) is 4.64. The maximum absolute atomic E-state index is 5.91. The van der Waals surface area contributed by atoms with Crippen molar-refractivity contribution < 1.29 is 9.26 Å². The Bertz CT molecular complexity index is 666. The first kappa shape index (κ1) is 15.6. The molecule has 1 aliphatic heterocycles. The number of pyridine rings is 1. The molecule has 0 unspecified atom stereocenters. The van der Waals surface area contributed by atoms with E-state index in [-0.39, 0.29) is 0 Å². The first-order valence-corrected chi connectivity index (χ1v) is 9.00. The van der Waals surface area contributed by atoms with Crippen molar-refractivity contribution in [3.8, 4) is 11.5 Å². The third kappa shape index (κ3) is 3.43. The fourth-order valence-electron chi connectivity index (χ4n) is 3.13. The first-order chi connectivity index (χ1) is 11.8. The summed E-state index contributed by atoms with van der Waals surface area (Å²) in [5.74, 6) is 2.90. The van der Waals surface area contributed by atoms with Gasteiger partial charge >= 0.3 is 0 Å². The molecule has 0 bridgehead atoms. The zero-order chi connectivity index (χ0) is 16.4. The van der Waals surface area contributed by atoms with Crippen molar-refractivity contribution in [3.05, 3.63) is 24.2 Å². The van der Waals surface area contributed by atoms with Crippen LogP contribution in [0.2, 0.25) is 0 Å². The predicted octanol–water partition coefficient (Wildman–Crippen LogP) is 3.40. The fourth-order valence-corrected chi connectivity index (χ4v) is 3.13. The Labute approximate surface area is 142 Å². The smallest absolute Gasteiger partial charge is 0.259 e. The number of rotatable bonds is 6. The molecule has 24 heavy (non-hydrogen) atoms. The van der Waals surface area contributed by atoms with Crippen LogP contribution in [-0.2, 0) is 4.74 Å². The number of nitrogens with zero attached hydrogens (tertiary/aromatic N) is 4. The van der Waals surface area contributed by atoms with Crippen molar-refractivity contribution in [2.24, 2.45) is 0 Å². The molecule has 6 heteroatoms. The van der Waals surface area contributed by atoms with Gasteiger partial charge in [0, 0.05) is 31.8 Å². The minimum atomic E-state index is 0.317. The number of aromatic nitrogens is 3. The lowest BCUT2D eigenvalue weighted by molar-refractivity contribution is 0.0439. The molecule has 0 radical (unpaired) electrons. The minimum absolute atomic E-state index is 0.317. The molecule has 0 N–H and O–H groups in total. The molecule has 3 heterocycles. The average molecular weight is 328 g/mol. The van der Waals surface area contributed by atoms with Crippen LogP contribution in [0, 0.1) is 0 Å². The van der Waals surface area contributed by atoms with Gasteiger partial charge in [0.25, 0.3) is 5.89 Å². The molecule has 2 aliphatic rings. The number of hydrogen-bond donors (Lipinski definition) is 0. The molecule has 0 amide bonds.